The van der Waals surface area contributed by atoms with Gasteiger partial charge in [0, 0.05) is 25.5 Å². The number of hydrogen-bond acceptors (Lipinski definition) is 11. The maximum absolute atomic E-state index is 14.9. The van der Waals surface area contributed by atoms with Crippen molar-refractivity contribution in [1.29, 1.82) is 0 Å². The van der Waals surface area contributed by atoms with Crippen LogP contribution in [-0.4, -0.2) is 95.5 Å². The molecule has 0 saturated carbocycles. The van der Waals surface area contributed by atoms with Gasteiger partial charge in [-0.2, -0.15) is 0 Å². The number of carbonyl (C=O) groups excluding carboxylic acids is 3. The topological polar surface area (TPSA) is 165 Å². The minimum absolute atomic E-state index is 0.202. The van der Waals surface area contributed by atoms with Gasteiger partial charge >= 0.3 is 17.9 Å². The lowest BCUT2D eigenvalue weighted by Crippen LogP contribution is -2.76. The summed E-state index contributed by atoms with van der Waals surface area (Å²) >= 11 is 0. The number of unbranched alkanes of at least 4 members (excludes halogenated alkanes) is 1. The van der Waals surface area contributed by atoms with Gasteiger partial charge < -0.3 is 20.3 Å². The van der Waals surface area contributed by atoms with Crippen LogP contribution in [0.3, 0.4) is 0 Å². The van der Waals surface area contributed by atoms with Crippen molar-refractivity contribution >= 4 is 23.7 Å². The fourth-order valence-electron chi connectivity index (χ4n) is 6.57. The summed E-state index contributed by atoms with van der Waals surface area (Å²) in [5.74, 6) is -3.61. The van der Waals surface area contributed by atoms with Crippen LogP contribution in [0.4, 0.5) is 0 Å². The maximum Gasteiger partial charge on any atom is 0.322 e. The van der Waals surface area contributed by atoms with Gasteiger partial charge in [-0.25, -0.2) is 0 Å². The zero-order valence-corrected chi connectivity index (χ0v) is 22.9. The average molecular weight is 554 g/mol. The lowest BCUT2D eigenvalue weighted by atomic mass is 9.54. The second-order valence-electron chi connectivity index (χ2n) is 10.3. The number of nitrogens with zero attached hydrogens (tertiary/aromatic N) is 4. The van der Waals surface area contributed by atoms with Gasteiger partial charge in [0.1, 0.15) is 6.04 Å². The SMILES string of the molecule is COC(=O)C12CN([C@@H](CCCCN)C(=O)O)CC(C(=O)OC)(C1=O)[C@@H](c1ccccn1)N(C)[C@H]2c1ccccn1. The Hall–Kier alpha value is -3.74. The van der Waals surface area contributed by atoms with E-state index < -0.39 is 52.6 Å². The second-order valence-corrected chi connectivity index (χ2v) is 10.3. The van der Waals surface area contributed by atoms with Crippen LogP contribution in [0.5, 0.6) is 0 Å². The number of ketones is 1. The van der Waals surface area contributed by atoms with Gasteiger partial charge in [-0.1, -0.05) is 18.6 Å². The Kier molecular flexibility index (Phi) is 8.62. The van der Waals surface area contributed by atoms with E-state index in [1.807, 2.05) is 0 Å². The monoisotopic (exact) mass is 553 g/mol. The molecule has 2 aromatic rings. The van der Waals surface area contributed by atoms with Crippen molar-refractivity contribution in [2.75, 3.05) is 40.9 Å². The van der Waals surface area contributed by atoms with Gasteiger partial charge in [0.25, 0.3) is 0 Å². The molecule has 5 atom stereocenters. The van der Waals surface area contributed by atoms with Gasteiger partial charge in [-0.15, -0.1) is 0 Å². The Bertz CT molecular complexity index is 1170. The quantitative estimate of drug-likeness (QED) is 0.244. The number of Topliss-reactive ketones (excluding diaryl/α,β-unsaturated/α-hetero) is 1. The number of pyridine rings is 2. The van der Waals surface area contributed by atoms with Gasteiger partial charge in [0.15, 0.2) is 16.6 Å². The second kappa shape index (κ2) is 11.8. The van der Waals surface area contributed by atoms with Crippen LogP contribution in [0.25, 0.3) is 0 Å². The molecule has 214 valence electrons. The van der Waals surface area contributed by atoms with Crippen LogP contribution in [0, 0.1) is 10.8 Å². The van der Waals surface area contributed by atoms with E-state index in [9.17, 15) is 24.3 Å². The van der Waals surface area contributed by atoms with Crippen LogP contribution in [0.1, 0.15) is 42.7 Å². The first kappa shape index (κ1) is 29.2. The van der Waals surface area contributed by atoms with E-state index in [4.69, 9.17) is 15.2 Å². The molecule has 12 heteroatoms. The number of fused-ring (bicyclic) bond motifs is 2. The number of rotatable bonds is 10. The number of carboxylic acids is 1. The molecule has 12 nitrogen and oxygen atoms in total. The molecule has 0 amide bonds. The molecule has 2 fully saturated rings. The predicted molar refractivity (Wildman–Crippen MR) is 142 cm³/mol. The number of aromatic nitrogens is 2. The van der Waals surface area contributed by atoms with Crippen molar-refractivity contribution in [3.63, 3.8) is 0 Å². The first-order valence-corrected chi connectivity index (χ1v) is 13.1. The number of esters is 2. The molecule has 40 heavy (non-hydrogen) atoms. The lowest BCUT2D eigenvalue weighted by Gasteiger charge is -2.61. The van der Waals surface area contributed by atoms with Gasteiger partial charge in [0.05, 0.1) is 37.7 Å². The maximum atomic E-state index is 14.9. The molecule has 4 rings (SSSR count). The van der Waals surface area contributed by atoms with E-state index in [1.54, 1.807) is 60.7 Å². The summed E-state index contributed by atoms with van der Waals surface area (Å²) in [4.78, 5) is 67.5. The molecule has 3 N–H and O–H groups in total. The van der Waals surface area contributed by atoms with Crippen molar-refractivity contribution < 1.29 is 33.8 Å². The van der Waals surface area contributed by atoms with E-state index in [1.165, 1.54) is 19.1 Å². The van der Waals surface area contributed by atoms with Crippen molar-refractivity contribution in [2.45, 2.75) is 37.4 Å². The highest BCUT2D eigenvalue weighted by Crippen LogP contribution is 2.60. The Labute approximate surface area is 232 Å². The van der Waals surface area contributed by atoms with Crippen molar-refractivity contribution in [1.82, 2.24) is 19.8 Å². The van der Waals surface area contributed by atoms with Crippen LogP contribution < -0.4 is 5.73 Å². The van der Waals surface area contributed by atoms with Crippen LogP contribution in [0.15, 0.2) is 48.8 Å². The first-order valence-electron chi connectivity index (χ1n) is 13.1. The van der Waals surface area contributed by atoms with Crippen LogP contribution >= 0.6 is 0 Å². The van der Waals surface area contributed by atoms with E-state index in [-0.39, 0.29) is 19.5 Å². The third-order valence-corrected chi connectivity index (χ3v) is 8.16. The van der Waals surface area contributed by atoms with Crippen molar-refractivity contribution in [2.24, 2.45) is 16.6 Å². The molecule has 2 aromatic heterocycles. The minimum atomic E-state index is -2.00. The summed E-state index contributed by atoms with van der Waals surface area (Å²) in [6.45, 7) is -0.202. The molecule has 4 heterocycles. The van der Waals surface area contributed by atoms with E-state index in [0.717, 1.165) is 0 Å². The van der Waals surface area contributed by atoms with E-state index in [2.05, 4.69) is 9.97 Å². The van der Waals surface area contributed by atoms with Gasteiger partial charge in [-0.05, 0) is 50.7 Å². The first-order chi connectivity index (χ1) is 19.2. The molecular weight excluding hydrogens is 518 g/mol. The number of ether oxygens (including phenoxy) is 2. The van der Waals surface area contributed by atoms with Gasteiger partial charge in [-0.3, -0.25) is 38.9 Å². The minimum Gasteiger partial charge on any atom is -0.480 e. The summed E-state index contributed by atoms with van der Waals surface area (Å²) in [5, 5.41) is 10.3. The Balaban J connectivity index is 2.05. The number of nitrogens with two attached hydrogens (primary N) is 1. The van der Waals surface area contributed by atoms with Crippen molar-refractivity contribution in [3.05, 3.63) is 60.2 Å². The summed E-state index contributed by atoms with van der Waals surface area (Å²) in [7, 11) is 4.03. The molecule has 0 aliphatic carbocycles. The number of hydrogen-bond donors (Lipinski definition) is 2. The van der Waals surface area contributed by atoms with E-state index >= 15 is 0 Å². The standard InChI is InChI=1S/C28H35N5O7/c1-32-21(18-10-5-8-14-30-18)27(25(37)39-2)16-33(20(23(34)35)12-4-7-13-29)17-28(24(27)36,26(38)40-3)22(32)19-11-6-9-15-31-19/h5-6,8-11,14-15,20-22H,4,7,12-13,16-17,29H2,1-3H3,(H,34,35)/t20-,21-,22+,27?,28?/m0/s1. The molecule has 0 spiro atoms. The summed E-state index contributed by atoms with van der Waals surface area (Å²) in [6, 6.07) is 7.12. The number of carbonyl (C=O) groups is 4. The fraction of sp³-hybridized carbons (Fsp3) is 0.500. The molecule has 2 bridgehead atoms. The number of methoxy groups -OCH3 is 2. The molecule has 0 radical (unpaired) electrons. The smallest absolute Gasteiger partial charge is 0.322 e. The highest BCUT2D eigenvalue weighted by Gasteiger charge is 2.75. The zero-order valence-electron chi connectivity index (χ0n) is 22.9. The molecular formula is C28H35N5O7. The van der Waals surface area contributed by atoms with Crippen molar-refractivity contribution in [3.8, 4) is 0 Å². The Morgan fingerprint density at radius 3 is 1.85 bits per heavy atom. The Morgan fingerprint density at radius 1 is 0.975 bits per heavy atom. The zero-order chi connectivity index (χ0) is 29.1. The molecule has 0 aromatic carbocycles. The average Bonchev–Trinajstić information content (AvgIpc) is 2.96. The third-order valence-electron chi connectivity index (χ3n) is 8.16. The summed E-state index contributed by atoms with van der Waals surface area (Å²) in [6.07, 6.45) is 4.39. The Morgan fingerprint density at radius 2 is 1.48 bits per heavy atom. The normalized spacial score (nSPS) is 27.6. The highest BCUT2D eigenvalue weighted by molar-refractivity contribution is 6.17. The highest BCUT2D eigenvalue weighted by atomic mass is 16.5. The molecule has 2 aliphatic heterocycles. The summed E-state index contributed by atoms with van der Waals surface area (Å²) in [5.41, 5.74) is 2.42. The molecule has 2 saturated heterocycles. The number of piperidine rings is 2. The molecule has 2 aliphatic rings. The third kappa shape index (κ3) is 4.55. The predicted octanol–water partition coefficient (Wildman–Crippen LogP) is 0.990. The lowest BCUT2D eigenvalue weighted by molar-refractivity contribution is -0.207. The number of carboxylic acid groups (broad SMARTS) is 1. The van der Waals surface area contributed by atoms with Gasteiger partial charge in [0.2, 0.25) is 0 Å². The fourth-order valence-corrected chi connectivity index (χ4v) is 6.57. The number of aliphatic carboxylic acids is 1. The van der Waals surface area contributed by atoms with Crippen LogP contribution in [-0.2, 0) is 28.7 Å². The van der Waals surface area contributed by atoms with Crippen LogP contribution in [0.2, 0.25) is 0 Å². The number of likely N-dealkylation sites (tertiary alicyclic amines) is 2. The van der Waals surface area contributed by atoms with E-state index in [0.29, 0.717) is 30.8 Å². The largest absolute Gasteiger partial charge is 0.480 e. The molecule has 2 unspecified atom stereocenters. The summed E-state index contributed by atoms with van der Waals surface area (Å²) < 4.78 is 10.5.